The number of hydrogen-bond acceptors (Lipinski definition) is 3. The van der Waals surface area contributed by atoms with Crippen molar-refractivity contribution in [3.8, 4) is 5.75 Å². The molecule has 0 spiro atoms. The van der Waals surface area contributed by atoms with Crippen molar-refractivity contribution in [1.82, 2.24) is 4.98 Å². The number of benzene rings is 1. The van der Waals surface area contributed by atoms with E-state index in [-0.39, 0.29) is 5.91 Å². The van der Waals surface area contributed by atoms with Crippen LogP contribution in [0.1, 0.15) is 6.92 Å². The van der Waals surface area contributed by atoms with Gasteiger partial charge in [0.15, 0.2) is 6.10 Å². The van der Waals surface area contributed by atoms with Gasteiger partial charge in [-0.05, 0) is 37.3 Å². The van der Waals surface area contributed by atoms with Gasteiger partial charge in [0, 0.05) is 11.2 Å². The van der Waals surface area contributed by atoms with Crippen LogP contribution in [0.2, 0.25) is 10.0 Å². The van der Waals surface area contributed by atoms with Gasteiger partial charge in [-0.2, -0.15) is 0 Å². The van der Waals surface area contributed by atoms with Crippen LogP contribution in [0, 0.1) is 0 Å². The van der Waals surface area contributed by atoms with Gasteiger partial charge in [0.1, 0.15) is 5.75 Å². The number of anilines is 1. The summed E-state index contributed by atoms with van der Waals surface area (Å²) in [5.41, 5.74) is 0.607. The molecule has 6 heteroatoms. The molecule has 1 amide bonds. The Morgan fingerprint density at radius 3 is 2.80 bits per heavy atom. The molecular formula is C14H12Cl2N2O2. The number of pyridine rings is 1. The lowest BCUT2D eigenvalue weighted by Crippen LogP contribution is -2.30. The molecule has 0 radical (unpaired) electrons. The molecule has 1 aromatic heterocycles. The summed E-state index contributed by atoms with van der Waals surface area (Å²) in [6.07, 6.45) is 2.48. The number of hydrogen-bond donors (Lipinski definition) is 1. The summed E-state index contributed by atoms with van der Waals surface area (Å²) in [5, 5.41) is 3.57. The molecule has 0 unspecified atom stereocenters. The molecule has 0 aliphatic rings. The van der Waals surface area contributed by atoms with Gasteiger partial charge in [-0.1, -0.05) is 23.2 Å². The summed E-state index contributed by atoms with van der Waals surface area (Å²) in [7, 11) is 0. The van der Waals surface area contributed by atoms with Crippen molar-refractivity contribution in [2.24, 2.45) is 0 Å². The van der Waals surface area contributed by atoms with E-state index in [4.69, 9.17) is 27.9 Å². The van der Waals surface area contributed by atoms with Gasteiger partial charge < -0.3 is 10.1 Å². The molecule has 0 fully saturated rings. The standard InChI is InChI=1S/C14H12Cl2N2O2/c1-9(14(19)18-11-3-2-6-17-8-11)20-13-5-4-10(15)7-12(13)16/h2-9H,1H3,(H,18,19)/t9-/m1/s1. The van der Waals surface area contributed by atoms with Crippen molar-refractivity contribution in [2.75, 3.05) is 5.32 Å². The number of amides is 1. The lowest BCUT2D eigenvalue weighted by Gasteiger charge is -2.15. The molecular weight excluding hydrogens is 299 g/mol. The molecule has 4 nitrogen and oxygen atoms in total. The Morgan fingerprint density at radius 1 is 1.35 bits per heavy atom. The van der Waals surface area contributed by atoms with Gasteiger partial charge in [-0.3, -0.25) is 9.78 Å². The third-order valence-electron chi connectivity index (χ3n) is 2.50. The fourth-order valence-corrected chi connectivity index (χ4v) is 1.95. The van der Waals surface area contributed by atoms with Crippen molar-refractivity contribution in [3.05, 3.63) is 52.8 Å². The van der Waals surface area contributed by atoms with Crippen molar-refractivity contribution < 1.29 is 9.53 Å². The summed E-state index contributed by atoms with van der Waals surface area (Å²) in [5.74, 6) is 0.119. The Labute approximate surface area is 126 Å². The van der Waals surface area contributed by atoms with E-state index in [2.05, 4.69) is 10.3 Å². The Balaban J connectivity index is 2.00. The average molecular weight is 311 g/mol. The SMILES string of the molecule is C[C@@H](Oc1ccc(Cl)cc1Cl)C(=O)Nc1cccnc1. The molecule has 0 saturated heterocycles. The largest absolute Gasteiger partial charge is 0.479 e. The van der Waals surface area contributed by atoms with Crippen LogP contribution in [-0.2, 0) is 4.79 Å². The molecule has 104 valence electrons. The topological polar surface area (TPSA) is 51.2 Å². The van der Waals surface area contributed by atoms with Gasteiger partial charge in [-0.15, -0.1) is 0 Å². The maximum atomic E-state index is 12.0. The second-order valence-electron chi connectivity index (χ2n) is 4.07. The van der Waals surface area contributed by atoms with Crippen LogP contribution in [0.4, 0.5) is 5.69 Å². The van der Waals surface area contributed by atoms with Gasteiger partial charge in [0.05, 0.1) is 16.9 Å². The fourth-order valence-electron chi connectivity index (χ4n) is 1.50. The van der Waals surface area contributed by atoms with Gasteiger partial charge in [0.2, 0.25) is 0 Å². The Morgan fingerprint density at radius 2 is 2.15 bits per heavy atom. The number of ether oxygens (including phenoxy) is 1. The molecule has 20 heavy (non-hydrogen) atoms. The zero-order chi connectivity index (χ0) is 14.5. The Hall–Kier alpha value is -1.78. The van der Waals surface area contributed by atoms with Gasteiger partial charge in [0.25, 0.3) is 5.91 Å². The maximum absolute atomic E-state index is 12.0. The maximum Gasteiger partial charge on any atom is 0.265 e. The van der Waals surface area contributed by atoms with Crippen LogP contribution in [0.25, 0.3) is 0 Å². The van der Waals surface area contributed by atoms with Crippen molar-refractivity contribution in [2.45, 2.75) is 13.0 Å². The van der Waals surface area contributed by atoms with Crippen LogP contribution >= 0.6 is 23.2 Å². The van der Waals surface area contributed by atoms with Crippen molar-refractivity contribution in [1.29, 1.82) is 0 Å². The van der Waals surface area contributed by atoms with E-state index in [1.807, 2.05) is 0 Å². The summed E-state index contributed by atoms with van der Waals surface area (Å²) in [6.45, 7) is 1.64. The number of halogens is 2. The average Bonchev–Trinajstić information content (AvgIpc) is 2.43. The minimum atomic E-state index is -0.700. The third-order valence-corrected chi connectivity index (χ3v) is 3.03. The van der Waals surface area contributed by atoms with Crippen molar-refractivity contribution >= 4 is 34.8 Å². The van der Waals surface area contributed by atoms with Crippen LogP contribution in [0.15, 0.2) is 42.7 Å². The Bertz CT molecular complexity index is 605. The minimum absolute atomic E-state index is 0.288. The molecule has 0 aliphatic heterocycles. The van der Waals surface area contributed by atoms with Crippen molar-refractivity contribution in [3.63, 3.8) is 0 Å². The number of nitrogens with one attached hydrogen (secondary N) is 1. The molecule has 0 saturated carbocycles. The second-order valence-corrected chi connectivity index (χ2v) is 4.91. The highest BCUT2D eigenvalue weighted by Gasteiger charge is 2.16. The molecule has 2 rings (SSSR count). The summed E-state index contributed by atoms with van der Waals surface area (Å²) >= 11 is 11.8. The molecule has 1 N–H and O–H groups in total. The number of carbonyl (C=O) groups is 1. The summed E-state index contributed by atoms with van der Waals surface area (Å²) < 4.78 is 5.51. The predicted octanol–water partition coefficient (Wildman–Crippen LogP) is 3.79. The van der Waals surface area contributed by atoms with E-state index >= 15 is 0 Å². The Kier molecular flexibility index (Phi) is 4.82. The third kappa shape index (κ3) is 3.85. The zero-order valence-electron chi connectivity index (χ0n) is 10.6. The number of carbonyl (C=O) groups excluding carboxylic acids is 1. The molecule has 1 atom stereocenters. The molecule has 1 heterocycles. The van der Waals surface area contributed by atoms with Crippen LogP contribution < -0.4 is 10.1 Å². The zero-order valence-corrected chi connectivity index (χ0v) is 12.2. The highest BCUT2D eigenvalue weighted by Crippen LogP contribution is 2.28. The smallest absolute Gasteiger partial charge is 0.265 e. The normalized spacial score (nSPS) is 11.8. The van der Waals surface area contributed by atoms with Crippen LogP contribution in [0.3, 0.4) is 0 Å². The lowest BCUT2D eigenvalue weighted by atomic mass is 10.3. The van der Waals surface area contributed by atoms with E-state index < -0.39 is 6.10 Å². The first kappa shape index (κ1) is 14.6. The van der Waals surface area contributed by atoms with E-state index in [1.165, 1.54) is 0 Å². The summed E-state index contributed by atoms with van der Waals surface area (Å²) in [6, 6.07) is 8.31. The first-order valence-corrected chi connectivity index (χ1v) is 6.64. The van der Waals surface area contributed by atoms with Crippen LogP contribution in [0.5, 0.6) is 5.75 Å². The first-order valence-electron chi connectivity index (χ1n) is 5.89. The van der Waals surface area contributed by atoms with Crippen LogP contribution in [-0.4, -0.2) is 17.0 Å². The first-order chi connectivity index (χ1) is 9.56. The molecule has 0 aliphatic carbocycles. The monoisotopic (exact) mass is 310 g/mol. The van der Waals surface area contributed by atoms with E-state index in [0.717, 1.165) is 0 Å². The lowest BCUT2D eigenvalue weighted by molar-refractivity contribution is -0.122. The van der Waals surface area contributed by atoms with Gasteiger partial charge in [-0.25, -0.2) is 0 Å². The van der Waals surface area contributed by atoms with E-state index in [0.29, 0.717) is 21.5 Å². The quantitative estimate of drug-likeness (QED) is 0.934. The number of nitrogens with zero attached hydrogens (tertiary/aromatic N) is 1. The molecule has 1 aromatic carbocycles. The predicted molar refractivity (Wildman–Crippen MR) is 79.4 cm³/mol. The number of rotatable bonds is 4. The highest BCUT2D eigenvalue weighted by molar-refractivity contribution is 6.35. The highest BCUT2D eigenvalue weighted by atomic mass is 35.5. The minimum Gasteiger partial charge on any atom is -0.479 e. The van der Waals surface area contributed by atoms with E-state index in [9.17, 15) is 4.79 Å². The second kappa shape index (κ2) is 6.59. The molecule has 2 aromatic rings. The van der Waals surface area contributed by atoms with E-state index in [1.54, 1.807) is 49.6 Å². The fraction of sp³-hybridized carbons (Fsp3) is 0.143. The van der Waals surface area contributed by atoms with Gasteiger partial charge >= 0.3 is 0 Å². The number of aromatic nitrogens is 1. The molecule has 0 bridgehead atoms. The summed E-state index contributed by atoms with van der Waals surface area (Å²) in [4.78, 5) is 15.9.